The van der Waals surface area contributed by atoms with Crippen molar-refractivity contribution < 1.29 is 0 Å². The van der Waals surface area contributed by atoms with Gasteiger partial charge in [0.2, 0.25) is 0 Å². The van der Waals surface area contributed by atoms with E-state index in [4.69, 9.17) is 0 Å². The zero-order valence-corrected chi connectivity index (χ0v) is 28.3. The van der Waals surface area contributed by atoms with Crippen molar-refractivity contribution in [3.05, 3.63) is 182 Å². The fraction of sp³-hybridized carbons (Fsp3) is 0. The minimum Gasteiger partial charge on any atom is -0.0622 e. The van der Waals surface area contributed by atoms with Gasteiger partial charge in [-0.05, 0) is 126 Å². The lowest BCUT2D eigenvalue weighted by Crippen LogP contribution is -1.91. The highest BCUT2D eigenvalue weighted by atomic mass is 14.3. The maximum Gasteiger partial charge on any atom is -0.000719 e. The maximum atomic E-state index is 2.52. The van der Waals surface area contributed by atoms with Crippen molar-refractivity contribution in [3.8, 4) is 33.4 Å². The van der Waals surface area contributed by atoms with E-state index in [1.54, 1.807) is 0 Å². The van der Waals surface area contributed by atoms with E-state index in [9.17, 15) is 0 Å². The van der Waals surface area contributed by atoms with Gasteiger partial charge in [0.25, 0.3) is 0 Å². The summed E-state index contributed by atoms with van der Waals surface area (Å²) in [4.78, 5) is 0. The summed E-state index contributed by atoms with van der Waals surface area (Å²) in [5.74, 6) is 0. The van der Waals surface area contributed by atoms with Crippen LogP contribution < -0.4 is 0 Å². The third kappa shape index (κ3) is 3.61. The minimum absolute atomic E-state index is 1.25. The van der Waals surface area contributed by atoms with Crippen molar-refractivity contribution in [1.82, 2.24) is 0 Å². The first-order valence-corrected chi connectivity index (χ1v) is 18.2. The molecular formula is C52H30. The summed E-state index contributed by atoms with van der Waals surface area (Å²) in [7, 11) is 0. The van der Waals surface area contributed by atoms with Crippen molar-refractivity contribution in [2.75, 3.05) is 0 Å². The van der Waals surface area contributed by atoms with Crippen LogP contribution in [0.3, 0.4) is 0 Å². The van der Waals surface area contributed by atoms with Gasteiger partial charge < -0.3 is 0 Å². The average molecular weight is 655 g/mol. The van der Waals surface area contributed by atoms with E-state index in [1.165, 1.54) is 120 Å². The Bertz CT molecular complexity index is 3370. The van der Waals surface area contributed by atoms with Crippen LogP contribution in [0.1, 0.15) is 0 Å². The Morgan fingerprint density at radius 3 is 1.46 bits per heavy atom. The molecule has 12 rings (SSSR count). The smallest absolute Gasteiger partial charge is 0.000719 e. The van der Waals surface area contributed by atoms with E-state index in [2.05, 4.69) is 182 Å². The molecule has 0 radical (unpaired) electrons. The van der Waals surface area contributed by atoms with Crippen LogP contribution >= 0.6 is 0 Å². The molecule has 238 valence electrons. The molecule has 0 N–H and O–H groups in total. The van der Waals surface area contributed by atoms with E-state index in [1.807, 2.05) is 0 Å². The van der Waals surface area contributed by atoms with E-state index >= 15 is 0 Å². The Morgan fingerprint density at radius 1 is 0.212 bits per heavy atom. The Labute approximate surface area is 300 Å². The van der Waals surface area contributed by atoms with Gasteiger partial charge in [0.1, 0.15) is 0 Å². The van der Waals surface area contributed by atoms with E-state index in [-0.39, 0.29) is 0 Å². The van der Waals surface area contributed by atoms with Gasteiger partial charge >= 0.3 is 0 Å². The lowest BCUT2D eigenvalue weighted by molar-refractivity contribution is 1.68. The standard InChI is InChI=1S/C52H30/c1-3-15-32(16-4-1)46-45-30-44-37-22-10-9-21-36(37)39-24-12-26-41(49(39)44)50(45)47(33-17-5-2-6-18-33)52-43-29-28-38(40-25-13-27-42(48(40)43)51(46)52)35-23-11-19-31-14-7-8-20-34(31)35/h1-30H. The summed E-state index contributed by atoms with van der Waals surface area (Å²) in [6.45, 7) is 0. The number of hydrogen-bond acceptors (Lipinski definition) is 0. The SMILES string of the molecule is c1ccc(-c2c3cc4c5ccccc5c5cccc(c3c(-c3ccccc3)c3c6ccc(-c7cccc8ccccc78)c7cccc(c23)c76)c54)cc1. The monoisotopic (exact) mass is 654 g/mol. The van der Waals surface area contributed by atoms with Gasteiger partial charge in [-0.1, -0.05) is 176 Å². The highest BCUT2D eigenvalue weighted by molar-refractivity contribution is 6.45. The predicted octanol–water partition coefficient (Wildman–Crippen LogP) is 14.8. The molecule has 0 aliphatic carbocycles. The molecule has 12 aromatic rings. The van der Waals surface area contributed by atoms with Crippen molar-refractivity contribution in [2.45, 2.75) is 0 Å². The quantitative estimate of drug-likeness (QED) is 0.166. The summed E-state index contributed by atoms with van der Waals surface area (Å²) >= 11 is 0. The largest absolute Gasteiger partial charge is 0.0622 e. The molecule has 52 heavy (non-hydrogen) atoms. The molecule has 0 saturated heterocycles. The zero-order chi connectivity index (χ0) is 33.9. The molecule has 0 spiro atoms. The maximum absolute atomic E-state index is 2.52. The molecule has 0 aliphatic heterocycles. The molecule has 0 nitrogen and oxygen atoms in total. The lowest BCUT2D eigenvalue weighted by Gasteiger charge is -2.19. The van der Waals surface area contributed by atoms with Gasteiger partial charge in [0.15, 0.2) is 0 Å². The highest BCUT2D eigenvalue weighted by Gasteiger charge is 2.27. The molecule has 0 amide bonds. The van der Waals surface area contributed by atoms with Crippen LogP contribution in [0.5, 0.6) is 0 Å². The van der Waals surface area contributed by atoms with Crippen molar-refractivity contribution in [1.29, 1.82) is 0 Å². The van der Waals surface area contributed by atoms with E-state index in [0.29, 0.717) is 0 Å². The third-order valence-corrected chi connectivity index (χ3v) is 11.7. The van der Waals surface area contributed by atoms with E-state index < -0.39 is 0 Å². The molecule has 0 aromatic heterocycles. The number of fused-ring (bicyclic) bond motifs is 9. The topological polar surface area (TPSA) is 0 Å². The summed E-state index contributed by atoms with van der Waals surface area (Å²) < 4.78 is 0. The van der Waals surface area contributed by atoms with Gasteiger partial charge in [-0.2, -0.15) is 0 Å². The molecule has 0 saturated carbocycles. The summed E-state index contributed by atoms with van der Waals surface area (Å²) in [5, 5.41) is 21.1. The summed E-state index contributed by atoms with van der Waals surface area (Å²) in [5.41, 5.74) is 7.68. The van der Waals surface area contributed by atoms with Crippen molar-refractivity contribution >= 4 is 86.2 Å². The second kappa shape index (κ2) is 10.4. The van der Waals surface area contributed by atoms with Crippen molar-refractivity contribution in [3.63, 3.8) is 0 Å². The van der Waals surface area contributed by atoms with Crippen LogP contribution in [0.2, 0.25) is 0 Å². The van der Waals surface area contributed by atoms with Gasteiger partial charge in [-0.25, -0.2) is 0 Å². The van der Waals surface area contributed by atoms with Crippen LogP contribution in [-0.4, -0.2) is 0 Å². The van der Waals surface area contributed by atoms with Crippen LogP contribution in [0.4, 0.5) is 0 Å². The molecule has 12 aromatic carbocycles. The van der Waals surface area contributed by atoms with E-state index in [0.717, 1.165) is 0 Å². The van der Waals surface area contributed by atoms with Gasteiger partial charge in [-0.15, -0.1) is 0 Å². The van der Waals surface area contributed by atoms with Crippen LogP contribution in [0.15, 0.2) is 182 Å². The summed E-state index contributed by atoms with van der Waals surface area (Å²) in [6, 6.07) is 67.9. The Morgan fingerprint density at radius 2 is 0.692 bits per heavy atom. The van der Waals surface area contributed by atoms with Gasteiger partial charge in [-0.3, -0.25) is 0 Å². The first-order chi connectivity index (χ1) is 25.8. The Kier molecular flexibility index (Phi) is 5.59. The molecule has 0 heteroatoms. The third-order valence-electron chi connectivity index (χ3n) is 11.7. The molecular weight excluding hydrogens is 625 g/mol. The minimum atomic E-state index is 1.25. The van der Waals surface area contributed by atoms with Crippen LogP contribution in [0.25, 0.3) is 120 Å². The molecule has 0 heterocycles. The highest BCUT2D eigenvalue weighted by Crippen LogP contribution is 2.55. The lowest BCUT2D eigenvalue weighted by atomic mass is 9.84. The number of rotatable bonds is 3. The first-order valence-electron chi connectivity index (χ1n) is 18.2. The van der Waals surface area contributed by atoms with Crippen LogP contribution in [0, 0.1) is 0 Å². The molecule has 0 unspecified atom stereocenters. The number of benzene rings is 10. The van der Waals surface area contributed by atoms with Gasteiger partial charge in [0.05, 0.1) is 0 Å². The molecule has 0 atom stereocenters. The van der Waals surface area contributed by atoms with Crippen molar-refractivity contribution in [2.24, 2.45) is 0 Å². The fourth-order valence-electron chi connectivity index (χ4n) is 9.71. The zero-order valence-electron chi connectivity index (χ0n) is 28.3. The Hall–Kier alpha value is -6.76. The second-order valence-corrected chi connectivity index (χ2v) is 14.3. The fourth-order valence-corrected chi connectivity index (χ4v) is 9.71. The van der Waals surface area contributed by atoms with Gasteiger partial charge in [0, 0.05) is 0 Å². The molecule has 0 fully saturated rings. The Balaban J connectivity index is 1.37. The normalized spacial score (nSPS) is 12.2. The second-order valence-electron chi connectivity index (χ2n) is 14.3. The predicted molar refractivity (Wildman–Crippen MR) is 225 cm³/mol. The molecule has 0 aliphatic rings. The van der Waals surface area contributed by atoms with Crippen LogP contribution in [-0.2, 0) is 0 Å². The molecule has 0 bridgehead atoms. The average Bonchev–Trinajstić information content (AvgIpc) is 3.72. The first kappa shape index (κ1) is 28.0. The number of hydrogen-bond donors (Lipinski definition) is 0. The summed E-state index contributed by atoms with van der Waals surface area (Å²) in [6.07, 6.45) is 0.